The monoisotopic (exact) mass is 249 g/mol. The summed E-state index contributed by atoms with van der Waals surface area (Å²) in [7, 11) is 0. The van der Waals surface area contributed by atoms with Gasteiger partial charge in [-0.15, -0.1) is 0 Å². The van der Waals surface area contributed by atoms with Crippen molar-refractivity contribution in [2.24, 2.45) is 0 Å². The van der Waals surface area contributed by atoms with Gasteiger partial charge in [0, 0.05) is 6.04 Å². The average Bonchev–Trinajstić information content (AvgIpc) is 3.13. The number of rotatable bonds is 4. The molecule has 1 aliphatic carbocycles. The lowest BCUT2D eigenvalue weighted by Crippen LogP contribution is -2.37. The zero-order valence-corrected chi connectivity index (χ0v) is 9.77. The lowest BCUT2D eigenvalue weighted by atomic mass is 10.1. The Balaban J connectivity index is 1.90. The number of carbonyl (C=O) groups excluding carboxylic acids is 2. The third-order valence-corrected chi connectivity index (χ3v) is 2.66. The Hall–Kier alpha value is -2.24. The van der Waals surface area contributed by atoms with Crippen molar-refractivity contribution in [2.75, 3.05) is 12.3 Å². The van der Waals surface area contributed by atoms with E-state index in [4.69, 9.17) is 5.73 Å². The molecule has 6 nitrogen and oxygen atoms in total. The number of benzene rings is 1. The van der Waals surface area contributed by atoms with Gasteiger partial charge in [0.1, 0.15) is 0 Å². The highest BCUT2D eigenvalue weighted by molar-refractivity contribution is 6.00. The van der Waals surface area contributed by atoms with Gasteiger partial charge in [-0.3, -0.25) is 9.59 Å². The van der Waals surface area contributed by atoms with E-state index >= 15 is 0 Å². The molecule has 5 N–H and O–H groups in total. The minimum atomic E-state index is -0.522. The number of anilines is 1. The summed E-state index contributed by atoms with van der Waals surface area (Å²) < 4.78 is 0. The average molecular weight is 249 g/mol. The third kappa shape index (κ3) is 2.91. The predicted octanol–water partition coefficient (Wildman–Crippen LogP) is -0.0172. The van der Waals surface area contributed by atoms with E-state index in [1.807, 2.05) is 0 Å². The van der Waals surface area contributed by atoms with Gasteiger partial charge in [0.05, 0.1) is 17.8 Å². The lowest BCUT2D eigenvalue weighted by Gasteiger charge is -2.08. The topological polar surface area (TPSA) is 104 Å². The number of carbonyl (C=O) groups is 2. The number of para-hydroxylation sites is 1. The van der Waals surface area contributed by atoms with Crippen molar-refractivity contribution < 1.29 is 14.7 Å². The normalized spacial score (nSPS) is 14.0. The Bertz CT molecular complexity index is 483. The third-order valence-electron chi connectivity index (χ3n) is 2.66. The van der Waals surface area contributed by atoms with E-state index in [1.165, 1.54) is 12.1 Å². The van der Waals surface area contributed by atoms with E-state index in [-0.39, 0.29) is 35.5 Å². The molecule has 0 radical (unpaired) electrons. The van der Waals surface area contributed by atoms with Gasteiger partial charge in [-0.1, -0.05) is 6.07 Å². The fourth-order valence-corrected chi connectivity index (χ4v) is 1.51. The Kier molecular flexibility index (Phi) is 3.36. The van der Waals surface area contributed by atoms with E-state index < -0.39 is 5.91 Å². The van der Waals surface area contributed by atoms with E-state index in [0.29, 0.717) is 0 Å². The molecule has 1 aromatic carbocycles. The van der Waals surface area contributed by atoms with Crippen LogP contribution in [0, 0.1) is 0 Å². The molecule has 0 aliphatic heterocycles. The van der Waals surface area contributed by atoms with Crippen molar-refractivity contribution in [1.29, 1.82) is 0 Å². The van der Waals surface area contributed by atoms with Gasteiger partial charge in [-0.05, 0) is 25.0 Å². The first-order chi connectivity index (χ1) is 8.58. The largest absolute Gasteiger partial charge is 0.505 e. The molecule has 0 aromatic heterocycles. The van der Waals surface area contributed by atoms with Crippen LogP contribution in [-0.2, 0) is 4.79 Å². The van der Waals surface area contributed by atoms with Crippen molar-refractivity contribution in [2.45, 2.75) is 18.9 Å². The number of aromatic hydroxyl groups is 1. The number of phenols is 1. The first kappa shape index (κ1) is 12.2. The summed E-state index contributed by atoms with van der Waals surface area (Å²) >= 11 is 0. The molecule has 1 saturated carbocycles. The number of amides is 2. The van der Waals surface area contributed by atoms with Gasteiger partial charge in [0.15, 0.2) is 5.75 Å². The molecule has 0 unspecified atom stereocenters. The molecule has 2 amide bonds. The number of nitrogen functional groups attached to an aromatic ring is 1. The fourth-order valence-electron chi connectivity index (χ4n) is 1.51. The molecule has 1 aliphatic rings. The maximum Gasteiger partial charge on any atom is 0.255 e. The molecule has 6 heteroatoms. The highest BCUT2D eigenvalue weighted by Gasteiger charge is 2.23. The smallest absolute Gasteiger partial charge is 0.255 e. The number of hydrogen-bond acceptors (Lipinski definition) is 4. The van der Waals surface area contributed by atoms with Crippen molar-refractivity contribution in [3.63, 3.8) is 0 Å². The highest BCUT2D eigenvalue weighted by Crippen LogP contribution is 2.24. The van der Waals surface area contributed by atoms with Crippen LogP contribution in [0.2, 0.25) is 0 Å². The second-order valence-electron chi connectivity index (χ2n) is 4.27. The predicted molar refractivity (Wildman–Crippen MR) is 66.0 cm³/mol. The molecule has 1 fully saturated rings. The van der Waals surface area contributed by atoms with Gasteiger partial charge in [0.2, 0.25) is 5.91 Å². The van der Waals surface area contributed by atoms with Gasteiger partial charge in [-0.2, -0.15) is 0 Å². The van der Waals surface area contributed by atoms with Crippen LogP contribution in [0.1, 0.15) is 23.2 Å². The Morgan fingerprint density at radius 3 is 2.78 bits per heavy atom. The van der Waals surface area contributed by atoms with E-state index in [1.54, 1.807) is 6.07 Å². The van der Waals surface area contributed by atoms with Gasteiger partial charge < -0.3 is 21.5 Å². The fraction of sp³-hybridized carbons (Fsp3) is 0.333. The summed E-state index contributed by atoms with van der Waals surface area (Å²) in [6, 6.07) is 4.76. The summed E-state index contributed by atoms with van der Waals surface area (Å²) in [5, 5.41) is 14.8. The zero-order chi connectivity index (χ0) is 13.1. The van der Waals surface area contributed by atoms with Crippen molar-refractivity contribution in [1.82, 2.24) is 10.6 Å². The first-order valence-electron chi connectivity index (χ1n) is 5.73. The zero-order valence-electron chi connectivity index (χ0n) is 9.77. The van der Waals surface area contributed by atoms with E-state index in [0.717, 1.165) is 12.8 Å². The standard InChI is InChI=1S/C12H15N3O3/c13-9-3-1-2-8(11(9)17)12(18)14-6-10(16)15-7-4-5-7/h1-3,7,17H,4-6,13H2,(H,14,18)(H,15,16). The molecule has 0 spiro atoms. The molecule has 0 atom stereocenters. The van der Waals surface area contributed by atoms with Crippen LogP contribution < -0.4 is 16.4 Å². The van der Waals surface area contributed by atoms with Crippen molar-refractivity contribution in [3.8, 4) is 5.75 Å². The first-order valence-corrected chi connectivity index (χ1v) is 5.73. The summed E-state index contributed by atoms with van der Waals surface area (Å²) in [4.78, 5) is 23.1. The Labute approximate surface area is 104 Å². The number of nitrogens with two attached hydrogens (primary N) is 1. The second-order valence-corrected chi connectivity index (χ2v) is 4.27. The molecular weight excluding hydrogens is 234 g/mol. The molecule has 1 aromatic rings. The minimum Gasteiger partial charge on any atom is -0.505 e. The molecule has 0 heterocycles. The maximum absolute atomic E-state index is 11.7. The van der Waals surface area contributed by atoms with Gasteiger partial charge in [0.25, 0.3) is 5.91 Å². The molecule has 2 rings (SSSR count). The number of nitrogens with one attached hydrogen (secondary N) is 2. The summed E-state index contributed by atoms with van der Waals surface area (Å²) in [5.41, 5.74) is 5.67. The van der Waals surface area contributed by atoms with Crippen molar-refractivity contribution >= 4 is 17.5 Å². The summed E-state index contributed by atoms with van der Waals surface area (Å²) in [6.45, 7) is -0.108. The van der Waals surface area contributed by atoms with E-state index in [9.17, 15) is 14.7 Å². The van der Waals surface area contributed by atoms with Crippen LogP contribution >= 0.6 is 0 Å². The minimum absolute atomic E-state index is 0.0641. The van der Waals surface area contributed by atoms with E-state index in [2.05, 4.69) is 10.6 Å². The molecule has 0 saturated heterocycles. The van der Waals surface area contributed by atoms with Crippen LogP contribution in [0.4, 0.5) is 5.69 Å². The highest BCUT2D eigenvalue weighted by atomic mass is 16.3. The van der Waals surface area contributed by atoms with Crippen molar-refractivity contribution in [3.05, 3.63) is 23.8 Å². The molecule has 0 bridgehead atoms. The van der Waals surface area contributed by atoms with Crippen LogP contribution in [0.15, 0.2) is 18.2 Å². The summed E-state index contributed by atoms with van der Waals surface area (Å²) in [5.74, 6) is -1.02. The molecular formula is C12H15N3O3. The Morgan fingerprint density at radius 2 is 2.11 bits per heavy atom. The lowest BCUT2D eigenvalue weighted by molar-refractivity contribution is -0.120. The second kappa shape index (κ2) is 4.95. The Morgan fingerprint density at radius 1 is 1.39 bits per heavy atom. The molecule has 96 valence electrons. The van der Waals surface area contributed by atoms with Crippen LogP contribution in [0.25, 0.3) is 0 Å². The number of hydrogen-bond donors (Lipinski definition) is 4. The van der Waals surface area contributed by atoms with Gasteiger partial charge in [-0.25, -0.2) is 0 Å². The van der Waals surface area contributed by atoms with Crippen LogP contribution in [-0.4, -0.2) is 29.5 Å². The van der Waals surface area contributed by atoms with Gasteiger partial charge >= 0.3 is 0 Å². The van der Waals surface area contributed by atoms with Crippen LogP contribution in [0.5, 0.6) is 5.75 Å². The van der Waals surface area contributed by atoms with Crippen LogP contribution in [0.3, 0.4) is 0 Å². The summed E-state index contributed by atoms with van der Waals surface area (Å²) in [6.07, 6.45) is 1.99. The quantitative estimate of drug-likeness (QED) is 0.444. The number of phenolic OH excluding ortho intramolecular Hbond substituents is 1. The molecule has 18 heavy (non-hydrogen) atoms. The maximum atomic E-state index is 11.7. The SMILES string of the molecule is Nc1cccc(C(=O)NCC(=O)NC2CC2)c1O.